The molecule has 0 saturated heterocycles. The van der Waals surface area contributed by atoms with E-state index >= 15 is 0 Å². The smallest absolute Gasteiger partial charge is 0.123 e. The number of phenols is 1. The van der Waals surface area contributed by atoms with Crippen molar-refractivity contribution in [2.45, 2.75) is 6.42 Å². The van der Waals surface area contributed by atoms with Gasteiger partial charge in [-0.25, -0.2) is 0 Å². The van der Waals surface area contributed by atoms with Crippen LogP contribution in [0.3, 0.4) is 0 Å². The fourth-order valence-electron chi connectivity index (χ4n) is 2.98. The van der Waals surface area contributed by atoms with Crippen molar-refractivity contribution < 1.29 is 5.11 Å². The van der Waals surface area contributed by atoms with Crippen molar-refractivity contribution in [1.29, 1.82) is 0 Å². The van der Waals surface area contributed by atoms with Crippen molar-refractivity contribution in [3.63, 3.8) is 0 Å². The Balaban J connectivity index is 2.18. The van der Waals surface area contributed by atoms with Crippen LogP contribution in [0.1, 0.15) is 11.1 Å². The summed E-state index contributed by atoms with van der Waals surface area (Å²) in [5.74, 6) is 0.367. The van der Waals surface area contributed by atoms with E-state index in [0.29, 0.717) is 5.75 Å². The standard InChI is InChI=1S/C16H13NO/c18-15-7-1-5-12-13-6-3-9-17-8-2-4-11(16(13)17)10-14(12)15/h1-5,7,9-10,18H,6,8H2. The molecule has 2 aromatic carbocycles. The lowest BCUT2D eigenvalue weighted by molar-refractivity contribution is 0.481. The molecule has 0 spiro atoms. The fourth-order valence-corrected chi connectivity index (χ4v) is 2.98. The molecule has 88 valence electrons. The van der Waals surface area contributed by atoms with Gasteiger partial charge in [-0.05, 0) is 35.1 Å². The number of aromatic hydroxyl groups is 1. The summed E-state index contributed by atoms with van der Waals surface area (Å²) in [6, 6.07) is 7.86. The molecule has 0 atom stereocenters. The number of anilines is 1. The lowest BCUT2D eigenvalue weighted by atomic mass is 9.91. The van der Waals surface area contributed by atoms with Gasteiger partial charge in [0.05, 0.1) is 5.69 Å². The summed E-state index contributed by atoms with van der Waals surface area (Å²) in [4.78, 5) is 2.28. The summed E-state index contributed by atoms with van der Waals surface area (Å²) in [6.07, 6.45) is 9.60. The molecule has 4 rings (SSSR count). The molecule has 2 heteroatoms. The van der Waals surface area contributed by atoms with Gasteiger partial charge in [-0.15, -0.1) is 0 Å². The molecular weight excluding hydrogens is 222 g/mol. The zero-order chi connectivity index (χ0) is 12.1. The first-order valence-corrected chi connectivity index (χ1v) is 6.22. The Bertz CT molecular complexity index is 713. The van der Waals surface area contributed by atoms with Crippen molar-refractivity contribution >= 4 is 22.5 Å². The van der Waals surface area contributed by atoms with Crippen molar-refractivity contribution in [3.05, 3.63) is 53.7 Å². The highest BCUT2D eigenvalue weighted by Crippen LogP contribution is 2.40. The van der Waals surface area contributed by atoms with Crippen LogP contribution in [-0.4, -0.2) is 11.7 Å². The average Bonchev–Trinajstić information content (AvgIpc) is 2.41. The van der Waals surface area contributed by atoms with Crippen LogP contribution < -0.4 is 4.90 Å². The van der Waals surface area contributed by atoms with Gasteiger partial charge in [0.1, 0.15) is 5.75 Å². The van der Waals surface area contributed by atoms with Crippen LogP contribution in [0, 0.1) is 0 Å². The Hall–Kier alpha value is -2.22. The normalized spacial score (nSPS) is 16.1. The van der Waals surface area contributed by atoms with Gasteiger partial charge in [-0.1, -0.05) is 30.4 Å². The zero-order valence-corrected chi connectivity index (χ0v) is 9.93. The van der Waals surface area contributed by atoms with E-state index in [-0.39, 0.29) is 0 Å². The lowest BCUT2D eigenvalue weighted by Gasteiger charge is -2.31. The van der Waals surface area contributed by atoms with Crippen molar-refractivity contribution in [1.82, 2.24) is 0 Å². The largest absolute Gasteiger partial charge is 0.507 e. The van der Waals surface area contributed by atoms with Crippen molar-refractivity contribution in [3.8, 4) is 5.75 Å². The molecule has 0 aliphatic carbocycles. The van der Waals surface area contributed by atoms with Gasteiger partial charge in [0.25, 0.3) is 0 Å². The number of hydrogen-bond acceptors (Lipinski definition) is 2. The molecule has 0 radical (unpaired) electrons. The van der Waals surface area contributed by atoms with Crippen LogP contribution in [-0.2, 0) is 6.42 Å². The molecule has 18 heavy (non-hydrogen) atoms. The number of benzene rings is 2. The van der Waals surface area contributed by atoms with E-state index < -0.39 is 0 Å². The first-order valence-electron chi connectivity index (χ1n) is 6.22. The van der Waals surface area contributed by atoms with Gasteiger partial charge in [0.2, 0.25) is 0 Å². The first kappa shape index (κ1) is 9.77. The third-order valence-electron chi connectivity index (χ3n) is 3.76. The first-order chi connectivity index (χ1) is 8.84. The monoisotopic (exact) mass is 235 g/mol. The van der Waals surface area contributed by atoms with E-state index in [1.54, 1.807) is 6.07 Å². The minimum Gasteiger partial charge on any atom is -0.507 e. The van der Waals surface area contributed by atoms with E-state index in [9.17, 15) is 5.11 Å². The Kier molecular flexibility index (Phi) is 1.84. The number of nitrogens with zero attached hydrogens (tertiary/aromatic N) is 1. The van der Waals surface area contributed by atoms with Gasteiger partial charge < -0.3 is 10.0 Å². The predicted octanol–water partition coefficient (Wildman–Crippen LogP) is 3.45. The maximum atomic E-state index is 10.0. The number of rotatable bonds is 0. The Morgan fingerprint density at radius 2 is 2.06 bits per heavy atom. The number of phenolic OH excluding ortho intramolecular Hbond substituents is 1. The number of allylic oxidation sites excluding steroid dienone is 1. The Labute approximate surface area is 105 Å². The van der Waals surface area contributed by atoms with Crippen LogP contribution in [0.4, 0.5) is 5.69 Å². The third kappa shape index (κ3) is 1.17. The topological polar surface area (TPSA) is 23.5 Å². The third-order valence-corrected chi connectivity index (χ3v) is 3.76. The second-order valence-electron chi connectivity index (χ2n) is 4.81. The highest BCUT2D eigenvalue weighted by atomic mass is 16.3. The molecule has 2 nitrogen and oxygen atoms in total. The zero-order valence-electron chi connectivity index (χ0n) is 9.93. The molecule has 0 saturated carbocycles. The number of hydrogen-bond donors (Lipinski definition) is 1. The summed E-state index contributed by atoms with van der Waals surface area (Å²) in [5, 5.41) is 12.1. The predicted molar refractivity (Wildman–Crippen MR) is 74.8 cm³/mol. The van der Waals surface area contributed by atoms with Gasteiger partial charge in [0.15, 0.2) is 0 Å². The van der Waals surface area contributed by atoms with Crippen LogP contribution in [0.5, 0.6) is 5.75 Å². The van der Waals surface area contributed by atoms with Crippen LogP contribution in [0.25, 0.3) is 16.8 Å². The maximum absolute atomic E-state index is 10.0. The summed E-state index contributed by atoms with van der Waals surface area (Å²) in [6.45, 7) is 0.931. The van der Waals surface area contributed by atoms with Crippen LogP contribution in [0.15, 0.2) is 42.6 Å². The van der Waals surface area contributed by atoms with E-state index in [4.69, 9.17) is 0 Å². The molecule has 2 aliphatic rings. The van der Waals surface area contributed by atoms with E-state index in [1.807, 2.05) is 6.07 Å². The van der Waals surface area contributed by atoms with Gasteiger partial charge in [-0.2, -0.15) is 0 Å². The van der Waals surface area contributed by atoms with Crippen LogP contribution in [0.2, 0.25) is 0 Å². The van der Waals surface area contributed by atoms with Crippen molar-refractivity contribution in [2.24, 2.45) is 0 Å². The van der Waals surface area contributed by atoms with E-state index in [2.05, 4.69) is 41.5 Å². The molecule has 0 bridgehead atoms. The van der Waals surface area contributed by atoms with Gasteiger partial charge >= 0.3 is 0 Å². The highest BCUT2D eigenvalue weighted by molar-refractivity contribution is 5.99. The minimum atomic E-state index is 0.367. The van der Waals surface area contributed by atoms with Crippen LogP contribution >= 0.6 is 0 Å². The highest BCUT2D eigenvalue weighted by Gasteiger charge is 2.21. The van der Waals surface area contributed by atoms with Gasteiger partial charge in [-0.3, -0.25) is 0 Å². The summed E-state index contributed by atoms with van der Waals surface area (Å²) >= 11 is 0. The SMILES string of the molecule is Oc1cccc2c3c4c(cc12)C=CCN4C=CC3. The summed E-state index contributed by atoms with van der Waals surface area (Å²) in [7, 11) is 0. The number of fused-ring (bicyclic) bond motifs is 2. The average molecular weight is 235 g/mol. The molecule has 0 amide bonds. The molecule has 0 aromatic heterocycles. The van der Waals surface area contributed by atoms with Gasteiger partial charge in [0, 0.05) is 18.1 Å². The molecule has 1 N–H and O–H groups in total. The Morgan fingerprint density at radius 1 is 1.11 bits per heavy atom. The molecule has 2 heterocycles. The molecular formula is C16H13NO. The quantitative estimate of drug-likeness (QED) is 0.756. The second kappa shape index (κ2) is 3.39. The molecule has 2 aromatic rings. The van der Waals surface area contributed by atoms with E-state index in [1.165, 1.54) is 22.2 Å². The molecule has 0 unspecified atom stereocenters. The second-order valence-corrected chi connectivity index (χ2v) is 4.81. The summed E-state index contributed by atoms with van der Waals surface area (Å²) in [5.41, 5.74) is 3.83. The molecule has 2 aliphatic heterocycles. The fraction of sp³-hybridized carbons (Fsp3) is 0.125. The lowest BCUT2D eigenvalue weighted by Crippen LogP contribution is -2.23. The van der Waals surface area contributed by atoms with E-state index in [0.717, 1.165) is 18.4 Å². The van der Waals surface area contributed by atoms with Crippen molar-refractivity contribution in [2.75, 3.05) is 11.4 Å². The minimum absolute atomic E-state index is 0.367. The summed E-state index contributed by atoms with van der Waals surface area (Å²) < 4.78 is 0. The maximum Gasteiger partial charge on any atom is 0.123 e. The molecule has 0 fully saturated rings. The Morgan fingerprint density at radius 3 is 3.00 bits per heavy atom.